The molecule has 1 atom stereocenters. The van der Waals surface area contributed by atoms with Gasteiger partial charge in [0.1, 0.15) is 6.42 Å². The minimum atomic E-state index is -0.486. The van der Waals surface area contributed by atoms with Gasteiger partial charge < -0.3 is 4.74 Å². The van der Waals surface area contributed by atoms with Crippen LogP contribution >= 0.6 is 0 Å². The van der Waals surface area contributed by atoms with E-state index in [1.165, 1.54) is 18.8 Å². The molecule has 0 aromatic heterocycles. The highest BCUT2D eigenvalue weighted by Gasteiger charge is 2.30. The lowest BCUT2D eigenvalue weighted by molar-refractivity contribution is -0.142. The molecule has 1 aliphatic carbocycles. The second-order valence-electron chi connectivity index (χ2n) is 5.53. The molecule has 0 aromatic rings. The van der Waals surface area contributed by atoms with Gasteiger partial charge in [-0.2, -0.15) is 0 Å². The highest BCUT2D eigenvalue weighted by molar-refractivity contribution is 6.01. The average Bonchev–Trinajstić information content (AvgIpc) is 2.27. The molecule has 0 fully saturated rings. The monoisotopic (exact) mass is 250 g/mol. The lowest BCUT2D eigenvalue weighted by atomic mass is 9.68. The van der Waals surface area contributed by atoms with Crippen molar-refractivity contribution < 1.29 is 14.3 Å². The molecule has 0 N–H and O–H groups in total. The van der Waals surface area contributed by atoms with Crippen LogP contribution in [0.3, 0.4) is 0 Å². The van der Waals surface area contributed by atoms with Crippen molar-refractivity contribution in [1.82, 2.24) is 0 Å². The van der Waals surface area contributed by atoms with Gasteiger partial charge in [-0.1, -0.05) is 31.6 Å². The summed E-state index contributed by atoms with van der Waals surface area (Å²) in [4.78, 5) is 22.5. The molecule has 18 heavy (non-hydrogen) atoms. The van der Waals surface area contributed by atoms with Crippen molar-refractivity contribution >= 4 is 11.8 Å². The van der Waals surface area contributed by atoms with Crippen LogP contribution in [0.4, 0.5) is 0 Å². The first-order valence-corrected chi connectivity index (χ1v) is 6.31. The summed E-state index contributed by atoms with van der Waals surface area (Å²) in [6.07, 6.45) is 7.71. The van der Waals surface area contributed by atoms with E-state index in [1.807, 2.05) is 6.08 Å². The molecule has 1 rings (SSSR count). The number of ketones is 1. The number of allylic oxidation sites excluding steroid dienone is 4. The van der Waals surface area contributed by atoms with Crippen molar-refractivity contribution in [2.75, 3.05) is 7.11 Å². The Balaban J connectivity index is 2.70. The zero-order valence-corrected chi connectivity index (χ0v) is 11.7. The van der Waals surface area contributed by atoms with Crippen LogP contribution in [0.25, 0.3) is 0 Å². The van der Waals surface area contributed by atoms with E-state index in [9.17, 15) is 9.59 Å². The minimum absolute atomic E-state index is 0.168. The molecule has 0 radical (unpaired) electrons. The smallest absolute Gasteiger partial charge is 0.313 e. The molecule has 3 heteroatoms. The molecular formula is C15H22O3. The van der Waals surface area contributed by atoms with Gasteiger partial charge in [-0.15, -0.1) is 0 Å². The summed E-state index contributed by atoms with van der Waals surface area (Å²) in [7, 11) is 1.29. The lowest BCUT2D eigenvalue weighted by Crippen LogP contribution is -2.26. The first kappa shape index (κ1) is 14.7. The van der Waals surface area contributed by atoms with Gasteiger partial charge >= 0.3 is 5.97 Å². The van der Waals surface area contributed by atoms with Gasteiger partial charge in [0.25, 0.3) is 0 Å². The van der Waals surface area contributed by atoms with Gasteiger partial charge in [0.05, 0.1) is 7.11 Å². The minimum Gasteiger partial charge on any atom is -0.469 e. The number of ether oxygens (including phenoxy) is 1. The highest BCUT2D eigenvalue weighted by atomic mass is 16.5. The van der Waals surface area contributed by atoms with Crippen molar-refractivity contribution in [3.63, 3.8) is 0 Å². The highest BCUT2D eigenvalue weighted by Crippen LogP contribution is 2.41. The Kier molecular flexibility index (Phi) is 4.88. The number of esters is 1. The first-order valence-electron chi connectivity index (χ1n) is 6.31. The Morgan fingerprint density at radius 1 is 1.50 bits per heavy atom. The number of carbonyl (C=O) groups excluding carboxylic acids is 2. The zero-order valence-electron chi connectivity index (χ0n) is 11.7. The summed E-state index contributed by atoms with van der Waals surface area (Å²) in [6, 6.07) is 0. The molecule has 0 aromatic carbocycles. The van der Waals surface area contributed by atoms with Crippen molar-refractivity contribution in [2.45, 2.75) is 40.0 Å². The maximum atomic E-state index is 11.6. The molecule has 0 amide bonds. The van der Waals surface area contributed by atoms with Crippen LogP contribution in [0.15, 0.2) is 23.8 Å². The number of carbonyl (C=O) groups is 2. The fraction of sp³-hybridized carbons (Fsp3) is 0.600. The third-order valence-electron chi connectivity index (χ3n) is 3.61. The molecular weight excluding hydrogens is 228 g/mol. The van der Waals surface area contributed by atoms with E-state index < -0.39 is 5.97 Å². The first-order chi connectivity index (χ1) is 8.36. The zero-order chi connectivity index (χ0) is 13.8. The average molecular weight is 250 g/mol. The maximum absolute atomic E-state index is 11.6. The van der Waals surface area contributed by atoms with E-state index in [-0.39, 0.29) is 23.5 Å². The fourth-order valence-electron chi connectivity index (χ4n) is 2.46. The molecule has 1 aliphatic rings. The molecule has 0 aliphatic heterocycles. The SMILES string of the molecule is COC(=O)CC(=O)/C=C/C1C(C)=CCCC1(C)C. The number of hydrogen-bond acceptors (Lipinski definition) is 3. The van der Waals surface area contributed by atoms with E-state index in [0.717, 1.165) is 12.8 Å². The Bertz CT molecular complexity index is 389. The van der Waals surface area contributed by atoms with E-state index in [4.69, 9.17) is 0 Å². The summed E-state index contributed by atoms with van der Waals surface area (Å²) >= 11 is 0. The molecule has 0 bridgehead atoms. The normalized spacial score (nSPS) is 22.7. The van der Waals surface area contributed by atoms with E-state index in [1.54, 1.807) is 0 Å². The molecule has 0 saturated heterocycles. The molecule has 0 saturated carbocycles. The van der Waals surface area contributed by atoms with E-state index in [2.05, 4.69) is 31.6 Å². The summed E-state index contributed by atoms with van der Waals surface area (Å²) in [6.45, 7) is 6.52. The topological polar surface area (TPSA) is 43.4 Å². The largest absolute Gasteiger partial charge is 0.469 e. The summed E-state index contributed by atoms with van der Waals surface area (Å²) in [5.41, 5.74) is 1.47. The summed E-state index contributed by atoms with van der Waals surface area (Å²) in [5, 5.41) is 0. The Hall–Kier alpha value is -1.38. The predicted molar refractivity (Wildman–Crippen MR) is 71.0 cm³/mol. The van der Waals surface area contributed by atoms with Crippen LogP contribution in [0.5, 0.6) is 0 Å². The van der Waals surface area contributed by atoms with Crippen molar-refractivity contribution in [3.8, 4) is 0 Å². The summed E-state index contributed by atoms with van der Waals surface area (Å²) in [5.74, 6) is -0.413. The number of hydrogen-bond donors (Lipinski definition) is 0. The van der Waals surface area contributed by atoms with Crippen LogP contribution in [-0.4, -0.2) is 18.9 Å². The molecule has 0 heterocycles. The molecule has 0 spiro atoms. The van der Waals surface area contributed by atoms with Gasteiger partial charge in [-0.3, -0.25) is 9.59 Å². The van der Waals surface area contributed by atoms with Crippen molar-refractivity contribution in [2.24, 2.45) is 11.3 Å². The Labute approximate surface area is 109 Å². The predicted octanol–water partition coefficient (Wildman–Crippen LogP) is 3.06. The Morgan fingerprint density at radius 3 is 2.72 bits per heavy atom. The lowest BCUT2D eigenvalue weighted by Gasteiger charge is -2.36. The van der Waals surface area contributed by atoms with E-state index >= 15 is 0 Å². The maximum Gasteiger partial charge on any atom is 0.313 e. The van der Waals surface area contributed by atoms with Crippen LogP contribution in [0.1, 0.15) is 40.0 Å². The number of methoxy groups -OCH3 is 1. The van der Waals surface area contributed by atoms with Crippen LogP contribution in [0, 0.1) is 11.3 Å². The summed E-state index contributed by atoms with van der Waals surface area (Å²) < 4.78 is 4.47. The molecule has 100 valence electrons. The third-order valence-corrected chi connectivity index (χ3v) is 3.61. The van der Waals surface area contributed by atoms with Gasteiger partial charge in [-0.25, -0.2) is 0 Å². The standard InChI is InChI=1S/C15H22O3/c1-11-6-5-9-15(2,3)13(11)8-7-12(16)10-14(17)18-4/h6-8,13H,5,9-10H2,1-4H3/b8-7+. The van der Waals surface area contributed by atoms with Crippen LogP contribution in [-0.2, 0) is 14.3 Å². The molecule has 1 unspecified atom stereocenters. The second kappa shape index (κ2) is 5.98. The van der Waals surface area contributed by atoms with Gasteiger partial charge in [0.2, 0.25) is 0 Å². The fourth-order valence-corrected chi connectivity index (χ4v) is 2.46. The van der Waals surface area contributed by atoms with Crippen LogP contribution < -0.4 is 0 Å². The molecule has 3 nitrogen and oxygen atoms in total. The third kappa shape index (κ3) is 3.83. The van der Waals surface area contributed by atoms with Gasteiger partial charge in [0.15, 0.2) is 5.78 Å². The van der Waals surface area contributed by atoms with Crippen LogP contribution in [0.2, 0.25) is 0 Å². The quantitative estimate of drug-likeness (QED) is 0.333. The van der Waals surface area contributed by atoms with Crippen molar-refractivity contribution in [1.29, 1.82) is 0 Å². The van der Waals surface area contributed by atoms with Gasteiger partial charge in [-0.05, 0) is 31.3 Å². The second-order valence-corrected chi connectivity index (χ2v) is 5.53. The van der Waals surface area contributed by atoms with Crippen molar-refractivity contribution in [3.05, 3.63) is 23.8 Å². The number of rotatable bonds is 4. The van der Waals surface area contributed by atoms with Gasteiger partial charge in [0, 0.05) is 5.92 Å². The Morgan fingerprint density at radius 2 is 2.17 bits per heavy atom. The van der Waals surface area contributed by atoms with E-state index in [0.29, 0.717) is 0 Å².